The first-order chi connectivity index (χ1) is 5.82. The molecule has 0 amide bonds. The minimum atomic E-state index is 0.116. The molecule has 0 aliphatic carbocycles. The summed E-state index contributed by atoms with van der Waals surface area (Å²) in [6.07, 6.45) is 0. The highest BCUT2D eigenvalue weighted by Crippen LogP contribution is 2.24. The second kappa shape index (κ2) is 3.67. The molecule has 13 heavy (non-hydrogen) atoms. The smallest absolute Gasteiger partial charge is 0.113 e. The number of hydrogen-bond donors (Lipinski definition) is 0. The van der Waals surface area contributed by atoms with E-state index in [-0.39, 0.29) is 5.41 Å². The maximum Gasteiger partial charge on any atom is 0.113 e. The Bertz CT molecular complexity index is 328. The van der Waals surface area contributed by atoms with Crippen LogP contribution >= 0.6 is 25.2 Å². The maximum absolute atomic E-state index is 4.54. The van der Waals surface area contributed by atoms with Gasteiger partial charge in [0.2, 0.25) is 0 Å². The summed E-state index contributed by atoms with van der Waals surface area (Å²) < 4.78 is 0.924. The van der Waals surface area contributed by atoms with Crippen molar-refractivity contribution in [1.29, 1.82) is 0 Å². The number of rotatable bonds is 0. The lowest BCUT2D eigenvalue weighted by Gasteiger charge is -2.20. The monoisotopic (exact) mass is 259 g/mol. The van der Waals surface area contributed by atoms with Crippen LogP contribution in [0, 0.1) is 6.92 Å². The Morgan fingerprint density at radius 1 is 1.38 bits per heavy atom. The van der Waals surface area contributed by atoms with E-state index in [2.05, 4.69) is 63.9 Å². The lowest BCUT2D eigenvalue weighted by atomic mass is 9.89. The third-order valence-corrected chi connectivity index (χ3v) is 3.40. The van der Waals surface area contributed by atoms with Crippen molar-refractivity contribution in [2.45, 2.75) is 33.1 Å². The van der Waals surface area contributed by atoms with Crippen LogP contribution in [0.4, 0.5) is 0 Å². The normalized spacial score (nSPS) is 11.8. The van der Waals surface area contributed by atoms with Gasteiger partial charge in [-0.3, -0.25) is 0 Å². The molecule has 1 heterocycles. The Balaban J connectivity index is 3.32. The highest BCUT2D eigenvalue weighted by molar-refractivity contribution is 9.10. The zero-order chi connectivity index (χ0) is 10.2. The van der Waals surface area contributed by atoms with Crippen molar-refractivity contribution in [2.75, 3.05) is 0 Å². The van der Waals surface area contributed by atoms with Crippen LogP contribution in [-0.2, 0) is 5.41 Å². The molecule has 1 aromatic rings. The first-order valence-corrected chi connectivity index (χ1v) is 5.62. The van der Waals surface area contributed by atoms with E-state index < -0.39 is 0 Å². The number of aryl methyl sites for hydroxylation is 1. The summed E-state index contributed by atoms with van der Waals surface area (Å²) >= 11 is 3.44. The van der Waals surface area contributed by atoms with Crippen molar-refractivity contribution in [1.82, 2.24) is 4.98 Å². The molecule has 1 aromatic heterocycles. The molecule has 72 valence electrons. The summed E-state index contributed by atoms with van der Waals surface area (Å²) in [6.45, 7) is 8.64. The summed E-state index contributed by atoms with van der Waals surface area (Å²) in [4.78, 5) is 4.54. The van der Waals surface area contributed by atoms with Crippen LogP contribution in [0.2, 0.25) is 0 Å². The molecule has 1 unspecified atom stereocenters. The van der Waals surface area contributed by atoms with Crippen LogP contribution < -0.4 is 5.30 Å². The van der Waals surface area contributed by atoms with Crippen LogP contribution in [0.3, 0.4) is 0 Å². The van der Waals surface area contributed by atoms with Crippen LogP contribution in [0.15, 0.2) is 10.7 Å². The van der Waals surface area contributed by atoms with E-state index in [1.54, 1.807) is 0 Å². The van der Waals surface area contributed by atoms with Gasteiger partial charge in [0.1, 0.15) is 4.60 Å². The molecule has 0 spiro atoms. The Morgan fingerprint density at radius 3 is 2.38 bits per heavy atom. The van der Waals surface area contributed by atoms with Gasteiger partial charge in [-0.1, -0.05) is 20.8 Å². The zero-order valence-electron chi connectivity index (χ0n) is 8.48. The van der Waals surface area contributed by atoms with Gasteiger partial charge in [-0.15, -0.1) is 9.24 Å². The van der Waals surface area contributed by atoms with Crippen molar-refractivity contribution in [2.24, 2.45) is 0 Å². The Hall–Kier alpha value is 0.0600. The molecule has 0 saturated carbocycles. The van der Waals surface area contributed by atoms with E-state index in [1.165, 1.54) is 5.56 Å². The molecule has 3 heteroatoms. The largest absolute Gasteiger partial charge is 0.244 e. The lowest BCUT2D eigenvalue weighted by molar-refractivity contribution is 0.563. The first-order valence-electron chi connectivity index (χ1n) is 4.25. The highest BCUT2D eigenvalue weighted by atomic mass is 79.9. The second-order valence-electron chi connectivity index (χ2n) is 4.28. The van der Waals surface area contributed by atoms with Gasteiger partial charge >= 0.3 is 0 Å². The Morgan fingerprint density at radius 2 is 1.92 bits per heavy atom. The van der Waals surface area contributed by atoms with Gasteiger partial charge in [0.15, 0.2) is 0 Å². The van der Waals surface area contributed by atoms with Crippen LogP contribution in [-0.4, -0.2) is 4.98 Å². The number of hydrogen-bond acceptors (Lipinski definition) is 1. The Labute approximate surface area is 90.7 Å². The highest BCUT2D eigenvalue weighted by Gasteiger charge is 2.18. The van der Waals surface area contributed by atoms with Gasteiger partial charge in [-0.2, -0.15) is 0 Å². The van der Waals surface area contributed by atoms with Gasteiger partial charge in [-0.25, -0.2) is 4.98 Å². The summed E-state index contributed by atoms with van der Waals surface area (Å²) in [7, 11) is 2.68. The van der Waals surface area contributed by atoms with Crippen molar-refractivity contribution in [3.63, 3.8) is 0 Å². The molecule has 0 fully saturated rings. The Kier molecular flexibility index (Phi) is 3.14. The van der Waals surface area contributed by atoms with Crippen molar-refractivity contribution < 1.29 is 0 Å². The minimum absolute atomic E-state index is 0.116. The predicted molar refractivity (Wildman–Crippen MR) is 64.7 cm³/mol. The molecular weight excluding hydrogens is 245 g/mol. The van der Waals surface area contributed by atoms with Crippen LogP contribution in [0.1, 0.15) is 32.0 Å². The van der Waals surface area contributed by atoms with E-state index in [4.69, 9.17) is 0 Å². The summed E-state index contributed by atoms with van der Waals surface area (Å²) in [5.74, 6) is 0. The van der Waals surface area contributed by atoms with E-state index >= 15 is 0 Å². The molecular formula is C10H15BrNP. The fourth-order valence-corrected chi connectivity index (χ4v) is 1.98. The third-order valence-electron chi connectivity index (χ3n) is 1.90. The number of halogens is 1. The molecule has 1 atom stereocenters. The quantitative estimate of drug-likeness (QED) is 0.516. The van der Waals surface area contributed by atoms with E-state index in [0.29, 0.717) is 0 Å². The van der Waals surface area contributed by atoms with Gasteiger partial charge in [0.05, 0.1) is 0 Å². The first kappa shape index (κ1) is 11.1. The molecule has 0 aliphatic heterocycles. The van der Waals surface area contributed by atoms with Crippen LogP contribution in [0.5, 0.6) is 0 Å². The number of nitrogens with zero attached hydrogens (tertiary/aromatic N) is 1. The molecule has 0 radical (unpaired) electrons. The predicted octanol–water partition coefficient (Wildman–Crippen LogP) is 2.95. The van der Waals surface area contributed by atoms with E-state index in [9.17, 15) is 0 Å². The summed E-state index contributed by atoms with van der Waals surface area (Å²) in [6, 6.07) is 2.14. The van der Waals surface area contributed by atoms with E-state index in [1.807, 2.05) is 0 Å². The fourth-order valence-electron chi connectivity index (χ4n) is 1.37. The minimum Gasteiger partial charge on any atom is -0.244 e. The molecule has 0 aliphatic rings. The zero-order valence-corrected chi connectivity index (χ0v) is 11.2. The fraction of sp³-hybridized carbons (Fsp3) is 0.500. The maximum atomic E-state index is 4.54. The summed E-state index contributed by atoms with van der Waals surface area (Å²) in [5.41, 5.74) is 2.52. The van der Waals surface area contributed by atoms with Gasteiger partial charge in [-0.05, 0) is 34.5 Å². The van der Waals surface area contributed by atoms with Crippen molar-refractivity contribution in [3.8, 4) is 0 Å². The van der Waals surface area contributed by atoms with Gasteiger partial charge in [0, 0.05) is 16.4 Å². The lowest BCUT2D eigenvalue weighted by Crippen LogP contribution is -2.17. The summed E-state index contributed by atoms with van der Waals surface area (Å²) in [5, 5.41) is 1.12. The molecule has 1 rings (SSSR count). The molecule has 0 aromatic carbocycles. The SMILES string of the molecule is Cc1cc(P)c(Br)nc1C(C)(C)C. The number of aromatic nitrogens is 1. The van der Waals surface area contributed by atoms with Crippen molar-refractivity contribution >= 4 is 30.5 Å². The van der Waals surface area contributed by atoms with Crippen LogP contribution in [0.25, 0.3) is 0 Å². The third kappa shape index (κ3) is 2.51. The van der Waals surface area contributed by atoms with E-state index in [0.717, 1.165) is 15.6 Å². The standard InChI is InChI=1S/C10H15BrNP/c1-6-5-7(13)9(11)12-8(6)10(2,3)4/h5H,13H2,1-4H3. The molecule has 0 N–H and O–H groups in total. The average molecular weight is 260 g/mol. The average Bonchev–Trinajstić information content (AvgIpc) is 1.94. The van der Waals surface area contributed by atoms with Gasteiger partial charge < -0.3 is 0 Å². The molecule has 1 nitrogen and oxygen atoms in total. The second-order valence-corrected chi connectivity index (χ2v) is 5.66. The topological polar surface area (TPSA) is 12.9 Å². The van der Waals surface area contributed by atoms with Crippen molar-refractivity contribution in [3.05, 3.63) is 21.9 Å². The molecule has 0 saturated heterocycles. The van der Waals surface area contributed by atoms with Gasteiger partial charge in [0.25, 0.3) is 0 Å². The number of pyridine rings is 1. The molecule has 0 bridgehead atoms.